The molecule has 25 heavy (non-hydrogen) atoms. The molecule has 0 aliphatic carbocycles. The van der Waals surface area contributed by atoms with E-state index in [2.05, 4.69) is 34.2 Å². The SMILES string of the molecule is Cc1ccccc1NC(=S)N1CCN(Cc2ccc(Cl)cc2Cl)CC1. The van der Waals surface area contributed by atoms with Gasteiger partial charge in [0.1, 0.15) is 0 Å². The Bertz CT molecular complexity index is 758. The second kappa shape index (κ2) is 8.37. The van der Waals surface area contributed by atoms with Gasteiger partial charge in [0.15, 0.2) is 5.11 Å². The molecule has 6 heteroatoms. The van der Waals surface area contributed by atoms with Gasteiger partial charge in [0.05, 0.1) is 0 Å². The Morgan fingerprint density at radius 3 is 2.48 bits per heavy atom. The van der Waals surface area contributed by atoms with Crippen LogP contribution in [0.15, 0.2) is 42.5 Å². The predicted molar refractivity (Wildman–Crippen MR) is 111 cm³/mol. The lowest BCUT2D eigenvalue weighted by molar-refractivity contribution is 0.177. The molecule has 1 fully saturated rings. The van der Waals surface area contributed by atoms with Crippen molar-refractivity contribution >= 4 is 46.2 Å². The van der Waals surface area contributed by atoms with Gasteiger partial charge in [-0.2, -0.15) is 0 Å². The smallest absolute Gasteiger partial charge is 0.173 e. The van der Waals surface area contributed by atoms with Crippen molar-refractivity contribution in [1.29, 1.82) is 0 Å². The van der Waals surface area contributed by atoms with Crippen LogP contribution in [0.1, 0.15) is 11.1 Å². The highest BCUT2D eigenvalue weighted by Crippen LogP contribution is 2.23. The highest BCUT2D eigenvalue weighted by Gasteiger charge is 2.20. The molecule has 1 aliphatic heterocycles. The fraction of sp³-hybridized carbons (Fsp3) is 0.316. The molecule has 1 saturated heterocycles. The van der Waals surface area contributed by atoms with Crippen LogP contribution in [0.4, 0.5) is 5.69 Å². The van der Waals surface area contributed by atoms with Gasteiger partial charge in [-0.1, -0.05) is 47.5 Å². The van der Waals surface area contributed by atoms with Crippen molar-refractivity contribution in [1.82, 2.24) is 9.80 Å². The van der Waals surface area contributed by atoms with Gasteiger partial charge < -0.3 is 10.2 Å². The lowest BCUT2D eigenvalue weighted by Gasteiger charge is -2.36. The number of rotatable bonds is 3. The van der Waals surface area contributed by atoms with E-state index in [1.54, 1.807) is 6.07 Å². The Kier molecular flexibility index (Phi) is 6.18. The van der Waals surface area contributed by atoms with Gasteiger partial charge in [0.25, 0.3) is 0 Å². The number of anilines is 1. The number of nitrogens with one attached hydrogen (secondary N) is 1. The maximum atomic E-state index is 6.28. The largest absolute Gasteiger partial charge is 0.346 e. The molecule has 132 valence electrons. The average Bonchev–Trinajstić information content (AvgIpc) is 2.60. The normalized spacial score (nSPS) is 15.2. The monoisotopic (exact) mass is 393 g/mol. The van der Waals surface area contributed by atoms with Crippen molar-refractivity contribution in [2.75, 3.05) is 31.5 Å². The van der Waals surface area contributed by atoms with E-state index in [1.165, 1.54) is 5.56 Å². The van der Waals surface area contributed by atoms with Crippen LogP contribution < -0.4 is 5.32 Å². The number of para-hydroxylation sites is 1. The van der Waals surface area contributed by atoms with E-state index in [0.29, 0.717) is 5.02 Å². The maximum absolute atomic E-state index is 6.28. The zero-order chi connectivity index (χ0) is 17.8. The zero-order valence-electron chi connectivity index (χ0n) is 14.1. The van der Waals surface area contributed by atoms with Crippen LogP contribution in [-0.4, -0.2) is 41.1 Å². The molecular weight excluding hydrogens is 373 g/mol. The Morgan fingerprint density at radius 1 is 1.08 bits per heavy atom. The summed E-state index contributed by atoms with van der Waals surface area (Å²) in [4.78, 5) is 4.61. The van der Waals surface area contributed by atoms with Crippen molar-refractivity contribution in [3.05, 3.63) is 63.6 Å². The summed E-state index contributed by atoms with van der Waals surface area (Å²) in [6.45, 7) is 6.63. The molecule has 0 unspecified atom stereocenters. The van der Waals surface area contributed by atoms with Crippen molar-refractivity contribution < 1.29 is 0 Å². The van der Waals surface area contributed by atoms with E-state index in [9.17, 15) is 0 Å². The average molecular weight is 394 g/mol. The van der Waals surface area contributed by atoms with E-state index < -0.39 is 0 Å². The van der Waals surface area contributed by atoms with Crippen LogP contribution in [0, 0.1) is 6.92 Å². The van der Waals surface area contributed by atoms with Gasteiger partial charge in [-0.05, 0) is 48.5 Å². The molecule has 1 aliphatic rings. The number of aryl methyl sites for hydroxylation is 1. The minimum absolute atomic E-state index is 0.672. The zero-order valence-corrected chi connectivity index (χ0v) is 16.5. The fourth-order valence-corrected chi connectivity index (χ4v) is 3.67. The summed E-state index contributed by atoms with van der Waals surface area (Å²) in [6.07, 6.45) is 0. The summed E-state index contributed by atoms with van der Waals surface area (Å²) in [5.41, 5.74) is 3.38. The van der Waals surface area contributed by atoms with Crippen LogP contribution in [0.3, 0.4) is 0 Å². The number of halogens is 2. The highest BCUT2D eigenvalue weighted by molar-refractivity contribution is 7.80. The summed E-state index contributed by atoms with van der Waals surface area (Å²) in [6, 6.07) is 13.9. The molecule has 0 saturated carbocycles. The topological polar surface area (TPSA) is 18.5 Å². The summed E-state index contributed by atoms with van der Waals surface area (Å²) in [5, 5.41) is 5.55. The van der Waals surface area contributed by atoms with Gasteiger partial charge in [0.2, 0.25) is 0 Å². The predicted octanol–water partition coefficient (Wildman–Crippen LogP) is 4.82. The summed E-state index contributed by atoms with van der Waals surface area (Å²) in [5.74, 6) is 0. The van der Waals surface area contributed by atoms with Gasteiger partial charge in [0, 0.05) is 48.5 Å². The first-order valence-electron chi connectivity index (χ1n) is 8.31. The second-order valence-electron chi connectivity index (χ2n) is 6.24. The number of thiocarbonyl (C=S) groups is 1. The number of hydrogen-bond acceptors (Lipinski definition) is 2. The van der Waals surface area contributed by atoms with Crippen LogP contribution >= 0.6 is 35.4 Å². The lowest BCUT2D eigenvalue weighted by Crippen LogP contribution is -2.49. The standard InChI is InChI=1S/C19H21Cl2N3S/c1-14-4-2-3-5-18(14)22-19(25)24-10-8-23(9-11-24)13-15-6-7-16(20)12-17(15)21/h2-7,12H,8-11,13H2,1H3,(H,22,25). The number of benzene rings is 2. The van der Waals surface area contributed by atoms with Gasteiger partial charge in [-0.25, -0.2) is 0 Å². The molecule has 3 rings (SSSR count). The van der Waals surface area contributed by atoms with Crippen molar-refractivity contribution in [2.24, 2.45) is 0 Å². The number of nitrogens with zero attached hydrogens (tertiary/aromatic N) is 2. The molecule has 3 nitrogen and oxygen atoms in total. The summed E-state index contributed by atoms with van der Waals surface area (Å²) in [7, 11) is 0. The third kappa shape index (κ3) is 4.85. The van der Waals surface area contributed by atoms with E-state index in [0.717, 1.165) is 54.1 Å². The van der Waals surface area contributed by atoms with Crippen LogP contribution in [-0.2, 0) is 6.54 Å². The Hall–Kier alpha value is -1.33. The lowest BCUT2D eigenvalue weighted by atomic mass is 10.2. The third-order valence-corrected chi connectivity index (χ3v) is 5.40. The van der Waals surface area contributed by atoms with E-state index >= 15 is 0 Å². The van der Waals surface area contributed by atoms with Crippen LogP contribution in [0.2, 0.25) is 10.0 Å². The first kappa shape index (κ1) is 18.5. The molecule has 1 N–H and O–H groups in total. The van der Waals surface area contributed by atoms with Gasteiger partial charge >= 0.3 is 0 Å². The molecule has 2 aromatic carbocycles. The number of hydrogen-bond donors (Lipinski definition) is 1. The van der Waals surface area contributed by atoms with Crippen molar-refractivity contribution in [3.63, 3.8) is 0 Å². The highest BCUT2D eigenvalue weighted by atomic mass is 35.5. The molecule has 0 bridgehead atoms. The van der Waals surface area contributed by atoms with E-state index in [4.69, 9.17) is 35.4 Å². The molecule has 2 aromatic rings. The second-order valence-corrected chi connectivity index (χ2v) is 7.47. The molecule has 0 radical (unpaired) electrons. The van der Waals surface area contributed by atoms with Crippen LogP contribution in [0.25, 0.3) is 0 Å². The number of piperazine rings is 1. The minimum Gasteiger partial charge on any atom is -0.346 e. The first-order valence-corrected chi connectivity index (χ1v) is 9.47. The quantitative estimate of drug-likeness (QED) is 0.753. The molecule has 0 aromatic heterocycles. The van der Waals surface area contributed by atoms with Crippen molar-refractivity contribution in [3.8, 4) is 0 Å². The fourth-order valence-electron chi connectivity index (χ4n) is 2.91. The van der Waals surface area contributed by atoms with Gasteiger partial charge in [-0.3, -0.25) is 4.90 Å². The maximum Gasteiger partial charge on any atom is 0.173 e. The Balaban J connectivity index is 1.53. The Labute approximate surface area is 164 Å². The van der Waals surface area contributed by atoms with E-state index in [-0.39, 0.29) is 0 Å². The molecule has 0 atom stereocenters. The first-order chi connectivity index (χ1) is 12.0. The summed E-state index contributed by atoms with van der Waals surface area (Å²) < 4.78 is 0. The molecular formula is C19H21Cl2N3S. The molecule has 0 amide bonds. The van der Waals surface area contributed by atoms with Crippen LogP contribution in [0.5, 0.6) is 0 Å². The van der Waals surface area contributed by atoms with Gasteiger partial charge in [-0.15, -0.1) is 0 Å². The third-order valence-electron chi connectivity index (χ3n) is 4.46. The molecule has 0 spiro atoms. The minimum atomic E-state index is 0.672. The van der Waals surface area contributed by atoms with E-state index in [1.807, 2.05) is 24.3 Å². The Morgan fingerprint density at radius 2 is 1.80 bits per heavy atom. The van der Waals surface area contributed by atoms with Crippen molar-refractivity contribution in [2.45, 2.75) is 13.5 Å². The molecule has 1 heterocycles. The summed E-state index contributed by atoms with van der Waals surface area (Å²) >= 11 is 17.8.